The molecule has 0 saturated heterocycles. The van der Waals surface area contributed by atoms with E-state index in [9.17, 15) is 9.90 Å². The molecular formula is C8H11N3O3. The molecule has 0 spiro atoms. The van der Waals surface area contributed by atoms with Crippen molar-refractivity contribution in [3.8, 4) is 0 Å². The second-order valence-electron chi connectivity index (χ2n) is 3.03. The van der Waals surface area contributed by atoms with E-state index in [0.29, 0.717) is 18.6 Å². The Bertz CT molecular complexity index is 307. The third-order valence-electron chi connectivity index (χ3n) is 1.91. The normalized spacial score (nSPS) is 26.0. The van der Waals surface area contributed by atoms with Gasteiger partial charge in [0.1, 0.15) is 5.76 Å². The molecule has 0 bridgehead atoms. The highest BCUT2D eigenvalue weighted by Crippen LogP contribution is 2.22. The molecule has 1 rings (SSSR count). The summed E-state index contributed by atoms with van der Waals surface area (Å²) < 4.78 is 4.82. The summed E-state index contributed by atoms with van der Waals surface area (Å²) in [5.41, 5.74) is 8.19. The third kappa shape index (κ3) is 2.76. The molecule has 0 heterocycles. The van der Waals surface area contributed by atoms with Gasteiger partial charge in [0.2, 0.25) is 0 Å². The van der Waals surface area contributed by atoms with E-state index in [2.05, 4.69) is 10.0 Å². The Morgan fingerprint density at radius 2 is 2.57 bits per heavy atom. The van der Waals surface area contributed by atoms with Crippen molar-refractivity contribution in [3.63, 3.8) is 0 Å². The molecule has 14 heavy (non-hydrogen) atoms. The van der Waals surface area contributed by atoms with Gasteiger partial charge in [-0.05, 0) is 18.0 Å². The van der Waals surface area contributed by atoms with Gasteiger partial charge in [0.15, 0.2) is 0 Å². The Kier molecular flexibility index (Phi) is 3.50. The number of carbonyl (C=O) groups excluding carboxylic acids is 1. The molecule has 0 amide bonds. The van der Waals surface area contributed by atoms with Gasteiger partial charge in [-0.1, -0.05) is 5.11 Å². The van der Waals surface area contributed by atoms with Crippen molar-refractivity contribution in [1.82, 2.24) is 0 Å². The second-order valence-corrected chi connectivity index (χ2v) is 3.03. The molecule has 6 nitrogen and oxygen atoms in total. The van der Waals surface area contributed by atoms with Gasteiger partial charge in [0.25, 0.3) is 0 Å². The van der Waals surface area contributed by atoms with Gasteiger partial charge in [-0.3, -0.25) is 4.79 Å². The first-order valence-electron chi connectivity index (χ1n) is 4.25. The molecule has 0 aromatic rings. The van der Waals surface area contributed by atoms with Crippen molar-refractivity contribution in [2.45, 2.75) is 31.9 Å². The topological polar surface area (TPSA) is 95.3 Å². The maximum Gasteiger partial charge on any atom is 0.307 e. The number of aliphatic hydroxyl groups excluding tert-OH is 1. The highest BCUT2D eigenvalue weighted by molar-refractivity contribution is 5.67. The number of azide groups is 1. The van der Waals surface area contributed by atoms with Gasteiger partial charge >= 0.3 is 5.97 Å². The Morgan fingerprint density at radius 1 is 1.86 bits per heavy atom. The summed E-state index contributed by atoms with van der Waals surface area (Å²) in [4.78, 5) is 13.2. The minimum Gasteiger partial charge on any atom is -0.432 e. The van der Waals surface area contributed by atoms with E-state index >= 15 is 0 Å². The molecule has 0 aromatic carbocycles. The molecule has 0 fully saturated rings. The molecule has 2 atom stereocenters. The molecule has 0 aliphatic heterocycles. The number of hydrogen-bond acceptors (Lipinski definition) is 4. The van der Waals surface area contributed by atoms with Crippen molar-refractivity contribution in [3.05, 3.63) is 22.3 Å². The molecule has 76 valence electrons. The van der Waals surface area contributed by atoms with Crippen molar-refractivity contribution in [2.24, 2.45) is 5.11 Å². The lowest BCUT2D eigenvalue weighted by molar-refractivity contribution is -0.137. The average Bonchev–Trinajstić information content (AvgIpc) is 2.09. The zero-order chi connectivity index (χ0) is 10.6. The van der Waals surface area contributed by atoms with Crippen LogP contribution in [0.15, 0.2) is 16.9 Å². The third-order valence-corrected chi connectivity index (χ3v) is 1.91. The summed E-state index contributed by atoms with van der Waals surface area (Å²) in [5.74, 6) is 0.0278. The molecule has 6 heteroatoms. The lowest BCUT2D eigenvalue weighted by Crippen LogP contribution is -2.26. The number of esters is 1. The monoisotopic (exact) mass is 197 g/mol. The van der Waals surface area contributed by atoms with Crippen LogP contribution in [0.3, 0.4) is 0 Å². The van der Waals surface area contributed by atoms with Crippen LogP contribution in [0.1, 0.15) is 19.8 Å². The average molecular weight is 197 g/mol. The van der Waals surface area contributed by atoms with Crippen molar-refractivity contribution >= 4 is 5.97 Å². The van der Waals surface area contributed by atoms with E-state index in [-0.39, 0.29) is 0 Å². The molecule has 1 aliphatic carbocycles. The molecule has 1 aliphatic rings. The minimum atomic E-state index is -0.867. The first kappa shape index (κ1) is 10.6. The summed E-state index contributed by atoms with van der Waals surface area (Å²) in [6.45, 7) is 1.30. The van der Waals surface area contributed by atoms with Crippen LogP contribution in [0, 0.1) is 0 Å². The van der Waals surface area contributed by atoms with Gasteiger partial charge in [0.05, 0.1) is 12.1 Å². The Balaban J connectivity index is 2.64. The summed E-state index contributed by atoms with van der Waals surface area (Å²) in [6, 6.07) is -0.459. The van der Waals surface area contributed by atoms with Gasteiger partial charge in [-0.25, -0.2) is 0 Å². The SMILES string of the molecule is CC(=O)OC1=C[C@H](O)[C@H](N=[N+]=[N-])CC1. The van der Waals surface area contributed by atoms with Crippen LogP contribution in [0.4, 0.5) is 0 Å². The van der Waals surface area contributed by atoms with Crippen molar-refractivity contribution in [2.75, 3.05) is 0 Å². The maximum atomic E-state index is 10.6. The number of rotatable bonds is 2. The summed E-state index contributed by atoms with van der Waals surface area (Å²) in [6.07, 6.45) is 1.53. The van der Waals surface area contributed by atoms with Crippen LogP contribution in [0.5, 0.6) is 0 Å². The van der Waals surface area contributed by atoms with Gasteiger partial charge in [-0.15, -0.1) is 0 Å². The Hall–Kier alpha value is -1.52. The molecule has 0 unspecified atom stereocenters. The standard InChI is InChI=1S/C8H11N3O3/c1-5(12)14-6-2-3-7(10-11-9)8(13)4-6/h4,7-8,13H,2-3H2,1H3/t7-,8+/m1/s1. The number of ether oxygens (including phenoxy) is 1. The van der Waals surface area contributed by atoms with E-state index in [0.717, 1.165) is 0 Å². The number of aliphatic hydroxyl groups is 1. The van der Waals surface area contributed by atoms with Gasteiger partial charge in [-0.2, -0.15) is 0 Å². The van der Waals surface area contributed by atoms with E-state index in [4.69, 9.17) is 10.3 Å². The minimum absolute atomic E-state index is 0.411. The number of allylic oxidation sites excluding steroid dienone is 1. The fourth-order valence-electron chi connectivity index (χ4n) is 1.31. The molecule has 0 saturated carbocycles. The predicted octanol–water partition coefficient (Wildman–Crippen LogP) is 1.27. The quantitative estimate of drug-likeness (QED) is 0.312. The largest absolute Gasteiger partial charge is 0.432 e. The second kappa shape index (κ2) is 4.64. The molecule has 0 aromatic heterocycles. The van der Waals surface area contributed by atoms with Crippen LogP contribution < -0.4 is 0 Å². The Morgan fingerprint density at radius 3 is 3.07 bits per heavy atom. The highest BCUT2D eigenvalue weighted by atomic mass is 16.5. The number of nitrogens with zero attached hydrogens (tertiary/aromatic N) is 3. The fourth-order valence-corrected chi connectivity index (χ4v) is 1.31. The zero-order valence-electron chi connectivity index (χ0n) is 7.75. The lowest BCUT2D eigenvalue weighted by atomic mass is 9.98. The van der Waals surface area contributed by atoms with E-state index in [1.54, 1.807) is 0 Å². The molecule has 1 N–H and O–H groups in total. The van der Waals surface area contributed by atoms with Crippen molar-refractivity contribution < 1.29 is 14.6 Å². The first-order valence-corrected chi connectivity index (χ1v) is 4.25. The number of hydrogen-bond donors (Lipinski definition) is 1. The van der Waals surface area contributed by atoms with Crippen LogP contribution in [0.25, 0.3) is 10.4 Å². The van der Waals surface area contributed by atoms with Crippen LogP contribution in [-0.4, -0.2) is 23.2 Å². The highest BCUT2D eigenvalue weighted by Gasteiger charge is 2.23. The summed E-state index contributed by atoms with van der Waals surface area (Å²) >= 11 is 0. The number of carbonyl (C=O) groups is 1. The van der Waals surface area contributed by atoms with E-state index in [1.165, 1.54) is 13.0 Å². The zero-order valence-corrected chi connectivity index (χ0v) is 7.75. The smallest absolute Gasteiger partial charge is 0.307 e. The van der Waals surface area contributed by atoms with Crippen molar-refractivity contribution in [1.29, 1.82) is 0 Å². The van der Waals surface area contributed by atoms with E-state index < -0.39 is 18.1 Å². The van der Waals surface area contributed by atoms with E-state index in [1.807, 2.05) is 0 Å². The van der Waals surface area contributed by atoms with Crippen LogP contribution >= 0.6 is 0 Å². The Labute approximate surface area is 80.8 Å². The van der Waals surface area contributed by atoms with Crippen LogP contribution in [0.2, 0.25) is 0 Å². The lowest BCUT2D eigenvalue weighted by Gasteiger charge is -2.21. The van der Waals surface area contributed by atoms with Crippen LogP contribution in [-0.2, 0) is 9.53 Å². The summed E-state index contributed by atoms with van der Waals surface area (Å²) in [5, 5.41) is 12.9. The summed E-state index contributed by atoms with van der Waals surface area (Å²) in [7, 11) is 0. The molecular weight excluding hydrogens is 186 g/mol. The fraction of sp³-hybridized carbons (Fsp3) is 0.625. The predicted molar refractivity (Wildman–Crippen MR) is 48.0 cm³/mol. The van der Waals surface area contributed by atoms with Gasteiger partial charge < -0.3 is 9.84 Å². The first-order chi connectivity index (χ1) is 6.63. The molecule has 0 radical (unpaired) electrons. The maximum absolute atomic E-state index is 10.6. The van der Waals surface area contributed by atoms with Gasteiger partial charge in [0, 0.05) is 18.3 Å².